The van der Waals surface area contributed by atoms with Crippen molar-refractivity contribution in [1.29, 1.82) is 0 Å². The van der Waals surface area contributed by atoms with E-state index in [-0.39, 0.29) is 11.9 Å². The van der Waals surface area contributed by atoms with Crippen LogP contribution in [0.15, 0.2) is 48.5 Å². The van der Waals surface area contributed by atoms with E-state index in [9.17, 15) is 9.59 Å². The molecule has 0 bridgehead atoms. The molecule has 6 heteroatoms. The highest BCUT2D eigenvalue weighted by molar-refractivity contribution is 6.33. The van der Waals surface area contributed by atoms with Gasteiger partial charge in [-0.1, -0.05) is 41.9 Å². The van der Waals surface area contributed by atoms with Crippen LogP contribution in [0.4, 0.5) is 16.2 Å². The van der Waals surface area contributed by atoms with Gasteiger partial charge < -0.3 is 10.6 Å². The lowest BCUT2D eigenvalue weighted by Crippen LogP contribution is -2.49. The number of para-hydroxylation sites is 2. The molecule has 5 nitrogen and oxygen atoms in total. The number of carbonyl (C=O) groups is 2. The van der Waals surface area contributed by atoms with Gasteiger partial charge in [-0.15, -0.1) is 0 Å². The highest BCUT2D eigenvalue weighted by atomic mass is 35.5. The standard InChI is InChI=1S/C18H18ClN3O2/c1-2-20-17(23)16-11-12-7-3-6-10-15(12)22(16)18(24)21-14-9-5-4-8-13(14)19/h3-10,16H,2,11H2,1H3,(H,20,23)(H,21,24)/t16-/m0/s1. The molecule has 3 amide bonds. The Morgan fingerprint density at radius 2 is 1.88 bits per heavy atom. The third kappa shape index (κ3) is 3.08. The van der Waals surface area contributed by atoms with Gasteiger partial charge in [-0.25, -0.2) is 4.79 Å². The second-order valence-corrected chi connectivity index (χ2v) is 5.93. The molecule has 1 aliphatic rings. The van der Waals surface area contributed by atoms with E-state index in [0.29, 0.717) is 23.7 Å². The maximum atomic E-state index is 12.8. The second-order valence-electron chi connectivity index (χ2n) is 5.52. The fraction of sp³-hybridized carbons (Fsp3) is 0.222. The Labute approximate surface area is 145 Å². The molecule has 0 spiro atoms. The van der Waals surface area contributed by atoms with E-state index in [4.69, 9.17) is 11.6 Å². The molecule has 124 valence electrons. The van der Waals surface area contributed by atoms with Crippen molar-refractivity contribution in [2.75, 3.05) is 16.8 Å². The van der Waals surface area contributed by atoms with E-state index in [1.165, 1.54) is 4.90 Å². The highest BCUT2D eigenvalue weighted by Crippen LogP contribution is 2.33. The van der Waals surface area contributed by atoms with Crippen LogP contribution in [0, 0.1) is 0 Å². The quantitative estimate of drug-likeness (QED) is 0.896. The van der Waals surface area contributed by atoms with Crippen LogP contribution >= 0.6 is 11.6 Å². The zero-order valence-electron chi connectivity index (χ0n) is 13.3. The van der Waals surface area contributed by atoms with E-state index in [1.807, 2.05) is 31.2 Å². The minimum Gasteiger partial charge on any atom is -0.355 e. The number of halogens is 1. The van der Waals surface area contributed by atoms with Gasteiger partial charge >= 0.3 is 6.03 Å². The molecule has 1 aliphatic heterocycles. The predicted octanol–water partition coefficient (Wildman–Crippen LogP) is 3.44. The third-order valence-electron chi connectivity index (χ3n) is 3.96. The van der Waals surface area contributed by atoms with Crippen molar-refractivity contribution in [3.63, 3.8) is 0 Å². The molecule has 0 saturated heterocycles. The van der Waals surface area contributed by atoms with Crippen LogP contribution in [-0.4, -0.2) is 24.5 Å². The Hall–Kier alpha value is -2.53. The molecule has 3 rings (SSSR count). The number of hydrogen-bond donors (Lipinski definition) is 2. The fourth-order valence-electron chi connectivity index (χ4n) is 2.88. The van der Waals surface area contributed by atoms with Crippen molar-refractivity contribution in [2.24, 2.45) is 0 Å². The number of anilines is 2. The van der Waals surface area contributed by atoms with Crippen LogP contribution in [0.25, 0.3) is 0 Å². The van der Waals surface area contributed by atoms with Crippen LogP contribution in [-0.2, 0) is 11.2 Å². The summed E-state index contributed by atoms with van der Waals surface area (Å²) in [4.78, 5) is 26.7. The molecule has 2 aromatic carbocycles. The highest BCUT2D eigenvalue weighted by Gasteiger charge is 2.38. The number of rotatable bonds is 3. The third-order valence-corrected chi connectivity index (χ3v) is 4.29. The van der Waals surface area contributed by atoms with Crippen molar-refractivity contribution < 1.29 is 9.59 Å². The van der Waals surface area contributed by atoms with Gasteiger partial charge in [0.15, 0.2) is 0 Å². The Bertz CT molecular complexity index is 778. The number of nitrogens with one attached hydrogen (secondary N) is 2. The number of nitrogens with zero attached hydrogens (tertiary/aromatic N) is 1. The summed E-state index contributed by atoms with van der Waals surface area (Å²) in [7, 11) is 0. The maximum absolute atomic E-state index is 12.8. The number of hydrogen-bond acceptors (Lipinski definition) is 2. The first kappa shape index (κ1) is 16.3. The minimum atomic E-state index is -0.565. The summed E-state index contributed by atoms with van der Waals surface area (Å²) in [5.41, 5.74) is 2.24. The molecule has 1 atom stereocenters. The summed E-state index contributed by atoms with van der Waals surface area (Å²) in [5.74, 6) is -0.164. The number of carbonyl (C=O) groups excluding carboxylic acids is 2. The normalized spacial score (nSPS) is 15.8. The molecule has 0 radical (unpaired) electrons. The zero-order valence-corrected chi connectivity index (χ0v) is 14.0. The van der Waals surface area contributed by atoms with Gasteiger partial charge in [0.05, 0.1) is 10.7 Å². The first-order valence-electron chi connectivity index (χ1n) is 7.82. The molecule has 1 heterocycles. The SMILES string of the molecule is CCNC(=O)[C@@H]1Cc2ccccc2N1C(=O)Nc1ccccc1Cl. The van der Waals surface area contributed by atoms with Crippen LogP contribution in [0.1, 0.15) is 12.5 Å². The van der Waals surface area contributed by atoms with Crippen LogP contribution < -0.4 is 15.5 Å². The number of urea groups is 1. The Kier molecular flexibility index (Phi) is 4.71. The van der Waals surface area contributed by atoms with Crippen molar-refractivity contribution in [3.05, 3.63) is 59.1 Å². The van der Waals surface area contributed by atoms with Gasteiger partial charge in [-0.05, 0) is 30.7 Å². The number of benzene rings is 2. The molecule has 2 N–H and O–H groups in total. The average molecular weight is 344 g/mol. The van der Waals surface area contributed by atoms with Crippen molar-refractivity contribution >= 4 is 34.9 Å². The van der Waals surface area contributed by atoms with Gasteiger partial charge in [-0.3, -0.25) is 9.69 Å². The fourth-order valence-corrected chi connectivity index (χ4v) is 3.06. The monoisotopic (exact) mass is 343 g/mol. The lowest BCUT2D eigenvalue weighted by Gasteiger charge is -2.25. The van der Waals surface area contributed by atoms with Crippen molar-refractivity contribution in [2.45, 2.75) is 19.4 Å². The number of fused-ring (bicyclic) bond motifs is 1. The van der Waals surface area contributed by atoms with Crippen molar-refractivity contribution in [3.8, 4) is 0 Å². The first-order valence-corrected chi connectivity index (χ1v) is 8.20. The van der Waals surface area contributed by atoms with E-state index in [1.54, 1.807) is 24.3 Å². The van der Waals surface area contributed by atoms with E-state index >= 15 is 0 Å². The summed E-state index contributed by atoms with van der Waals surface area (Å²) >= 11 is 6.11. The molecule has 24 heavy (non-hydrogen) atoms. The molecule has 0 unspecified atom stereocenters. The molecule has 0 saturated carbocycles. The summed E-state index contributed by atoms with van der Waals surface area (Å²) in [6.07, 6.45) is 0.498. The number of amides is 3. The van der Waals surface area contributed by atoms with Gasteiger partial charge in [0.1, 0.15) is 6.04 Å². The number of likely N-dealkylation sites (N-methyl/N-ethyl adjacent to an activating group) is 1. The van der Waals surface area contributed by atoms with Gasteiger partial charge in [0.2, 0.25) is 5.91 Å². The Morgan fingerprint density at radius 1 is 1.17 bits per heavy atom. The zero-order chi connectivity index (χ0) is 17.1. The molecule has 2 aromatic rings. The van der Waals surface area contributed by atoms with E-state index < -0.39 is 6.04 Å². The summed E-state index contributed by atoms with van der Waals surface area (Å²) in [6, 6.07) is 13.6. The predicted molar refractivity (Wildman–Crippen MR) is 95.6 cm³/mol. The maximum Gasteiger partial charge on any atom is 0.327 e. The Morgan fingerprint density at radius 3 is 2.62 bits per heavy atom. The Balaban J connectivity index is 1.90. The van der Waals surface area contributed by atoms with E-state index in [0.717, 1.165) is 11.3 Å². The average Bonchev–Trinajstić information content (AvgIpc) is 2.97. The minimum absolute atomic E-state index is 0.164. The van der Waals surface area contributed by atoms with Crippen molar-refractivity contribution in [1.82, 2.24) is 5.32 Å². The molecule has 0 aromatic heterocycles. The van der Waals surface area contributed by atoms with Crippen LogP contribution in [0.2, 0.25) is 5.02 Å². The molecule has 0 aliphatic carbocycles. The summed E-state index contributed by atoms with van der Waals surface area (Å²) in [5, 5.41) is 6.04. The first-order chi connectivity index (χ1) is 11.6. The topological polar surface area (TPSA) is 61.4 Å². The molecular formula is C18H18ClN3O2. The van der Waals surface area contributed by atoms with Gasteiger partial charge in [0, 0.05) is 18.7 Å². The lowest BCUT2D eigenvalue weighted by atomic mass is 10.1. The largest absolute Gasteiger partial charge is 0.355 e. The van der Waals surface area contributed by atoms with Crippen LogP contribution in [0.5, 0.6) is 0 Å². The smallest absolute Gasteiger partial charge is 0.327 e. The lowest BCUT2D eigenvalue weighted by molar-refractivity contribution is -0.122. The van der Waals surface area contributed by atoms with Crippen LogP contribution in [0.3, 0.4) is 0 Å². The van der Waals surface area contributed by atoms with Gasteiger partial charge in [-0.2, -0.15) is 0 Å². The second kappa shape index (κ2) is 6.93. The van der Waals surface area contributed by atoms with Gasteiger partial charge in [0.25, 0.3) is 0 Å². The summed E-state index contributed by atoms with van der Waals surface area (Å²) in [6.45, 7) is 2.37. The molecular weight excluding hydrogens is 326 g/mol. The summed E-state index contributed by atoms with van der Waals surface area (Å²) < 4.78 is 0. The molecule has 0 fully saturated rings. The van der Waals surface area contributed by atoms with E-state index in [2.05, 4.69) is 10.6 Å².